The molecular weight excluding hydrogens is 306 g/mol. The molecule has 0 bridgehead atoms. The average molecular weight is 328 g/mol. The molecule has 2 aromatic rings. The van der Waals surface area contributed by atoms with Crippen LogP contribution in [0.3, 0.4) is 0 Å². The molecule has 0 aromatic heterocycles. The third kappa shape index (κ3) is 3.89. The van der Waals surface area contributed by atoms with Crippen molar-refractivity contribution >= 4 is 0 Å². The van der Waals surface area contributed by atoms with E-state index >= 15 is 0 Å². The summed E-state index contributed by atoms with van der Waals surface area (Å²) < 4.78 is 26.6. The Bertz CT molecular complexity index is 614. The molecule has 1 saturated heterocycles. The first-order chi connectivity index (χ1) is 11.7. The van der Waals surface area contributed by atoms with E-state index in [4.69, 9.17) is 0 Å². The van der Waals surface area contributed by atoms with Gasteiger partial charge in [-0.25, -0.2) is 8.78 Å². The molecule has 0 saturated carbocycles. The van der Waals surface area contributed by atoms with Gasteiger partial charge in [0.2, 0.25) is 0 Å². The summed E-state index contributed by atoms with van der Waals surface area (Å²) in [4.78, 5) is 4.73. The van der Waals surface area contributed by atoms with Crippen LogP contribution in [0.2, 0.25) is 0 Å². The zero-order valence-electron chi connectivity index (χ0n) is 13.7. The number of piperazine rings is 1. The zero-order chi connectivity index (χ0) is 16.9. The minimum atomic E-state index is -0.243. The van der Waals surface area contributed by atoms with Gasteiger partial charge >= 0.3 is 0 Å². The molecule has 24 heavy (non-hydrogen) atoms. The van der Waals surface area contributed by atoms with Crippen molar-refractivity contribution in [1.82, 2.24) is 9.80 Å². The van der Waals surface area contributed by atoms with Crippen LogP contribution in [0.4, 0.5) is 8.78 Å². The van der Waals surface area contributed by atoms with Crippen molar-refractivity contribution in [2.75, 3.05) is 32.7 Å². The smallest absolute Gasteiger partial charge is 0.123 e. The van der Waals surface area contributed by atoms with Gasteiger partial charge in [0.1, 0.15) is 11.6 Å². The van der Waals surface area contributed by atoms with Gasteiger partial charge in [0.25, 0.3) is 0 Å². The summed E-state index contributed by atoms with van der Waals surface area (Å²) >= 11 is 0. The lowest BCUT2D eigenvalue weighted by Gasteiger charge is -2.39. The van der Waals surface area contributed by atoms with E-state index in [1.807, 2.05) is 30.3 Å². The van der Waals surface area contributed by atoms with Crippen molar-refractivity contribution < 1.29 is 8.78 Å². The predicted molar refractivity (Wildman–Crippen MR) is 92.9 cm³/mol. The molecule has 0 aliphatic carbocycles. The largest absolute Gasteiger partial charge is 0.297 e. The molecule has 1 heterocycles. The first-order valence-corrected chi connectivity index (χ1v) is 8.25. The maximum atomic E-state index is 13.3. The summed E-state index contributed by atoms with van der Waals surface area (Å²) in [5, 5.41) is 0. The third-order valence-corrected chi connectivity index (χ3v) is 4.53. The quantitative estimate of drug-likeness (QED) is 0.769. The minimum Gasteiger partial charge on any atom is -0.297 e. The first-order valence-electron chi connectivity index (χ1n) is 8.25. The molecule has 4 heteroatoms. The van der Waals surface area contributed by atoms with E-state index in [-0.39, 0.29) is 17.7 Å². The van der Waals surface area contributed by atoms with Crippen molar-refractivity contribution in [3.05, 3.63) is 83.9 Å². The first kappa shape index (κ1) is 16.8. The van der Waals surface area contributed by atoms with Crippen LogP contribution in [0.15, 0.2) is 61.2 Å². The van der Waals surface area contributed by atoms with Crippen LogP contribution in [0, 0.1) is 11.6 Å². The molecule has 126 valence electrons. The Morgan fingerprint density at radius 1 is 0.833 bits per heavy atom. The molecule has 1 fully saturated rings. The van der Waals surface area contributed by atoms with Crippen molar-refractivity contribution in [2.24, 2.45) is 0 Å². The van der Waals surface area contributed by atoms with Gasteiger partial charge in [-0.1, -0.05) is 30.3 Å². The van der Waals surface area contributed by atoms with Gasteiger partial charge in [-0.2, -0.15) is 0 Å². The monoisotopic (exact) mass is 328 g/mol. The van der Waals surface area contributed by atoms with Crippen molar-refractivity contribution in [3.63, 3.8) is 0 Å². The van der Waals surface area contributed by atoms with E-state index < -0.39 is 0 Å². The number of benzene rings is 2. The van der Waals surface area contributed by atoms with Gasteiger partial charge in [-0.05, 0) is 35.4 Å². The predicted octanol–water partition coefficient (Wildman–Crippen LogP) is 3.86. The second-order valence-electron chi connectivity index (χ2n) is 6.13. The second kappa shape index (κ2) is 7.69. The Labute approximate surface area is 142 Å². The maximum absolute atomic E-state index is 13.3. The minimum absolute atomic E-state index is 0.0112. The van der Waals surface area contributed by atoms with E-state index in [1.54, 1.807) is 0 Å². The Morgan fingerprint density at radius 2 is 1.29 bits per heavy atom. The van der Waals surface area contributed by atoms with Crippen LogP contribution in [-0.2, 0) is 0 Å². The molecule has 3 rings (SSSR count). The average Bonchev–Trinajstić information content (AvgIpc) is 2.60. The lowest BCUT2D eigenvalue weighted by molar-refractivity contribution is 0.117. The van der Waals surface area contributed by atoms with Crippen LogP contribution in [-0.4, -0.2) is 42.5 Å². The molecule has 1 aliphatic heterocycles. The van der Waals surface area contributed by atoms with Gasteiger partial charge < -0.3 is 0 Å². The van der Waals surface area contributed by atoms with Gasteiger partial charge in [-0.3, -0.25) is 9.80 Å². The van der Waals surface area contributed by atoms with E-state index in [9.17, 15) is 8.78 Å². The highest BCUT2D eigenvalue weighted by Gasteiger charge is 2.26. The summed E-state index contributed by atoms with van der Waals surface area (Å²) in [6.45, 7) is 8.44. The Kier molecular flexibility index (Phi) is 5.38. The van der Waals surface area contributed by atoms with Gasteiger partial charge in [0, 0.05) is 32.7 Å². The Balaban J connectivity index is 1.86. The fourth-order valence-electron chi connectivity index (χ4n) is 3.29. The second-order valence-corrected chi connectivity index (χ2v) is 6.13. The zero-order valence-corrected chi connectivity index (χ0v) is 13.7. The fourth-order valence-corrected chi connectivity index (χ4v) is 3.29. The highest BCUT2D eigenvalue weighted by molar-refractivity contribution is 5.32. The molecule has 0 spiro atoms. The van der Waals surface area contributed by atoms with E-state index in [1.165, 1.54) is 24.3 Å². The van der Waals surface area contributed by atoms with Gasteiger partial charge in [0.15, 0.2) is 0 Å². The van der Waals surface area contributed by atoms with Crippen molar-refractivity contribution in [1.29, 1.82) is 0 Å². The molecule has 2 nitrogen and oxygen atoms in total. The van der Waals surface area contributed by atoms with Crippen molar-refractivity contribution in [3.8, 4) is 0 Å². The summed E-state index contributed by atoms with van der Waals surface area (Å²) in [7, 11) is 0. The third-order valence-electron chi connectivity index (χ3n) is 4.53. The highest BCUT2D eigenvalue weighted by Crippen LogP contribution is 2.30. The molecular formula is C20H22F2N2. The molecule has 2 aromatic carbocycles. The summed E-state index contributed by atoms with van der Waals surface area (Å²) in [6.07, 6.45) is 1.92. The summed E-state index contributed by atoms with van der Waals surface area (Å²) in [5.74, 6) is -0.486. The number of hydrogen-bond donors (Lipinski definition) is 0. The molecule has 1 aliphatic rings. The molecule has 0 atom stereocenters. The fraction of sp³-hybridized carbons (Fsp3) is 0.300. The Hall–Kier alpha value is -2.04. The SMILES string of the molecule is C=CCN1CCN(C(c2ccc(F)cc2)c2ccc(F)cc2)CC1. The standard InChI is InChI=1S/C20H22F2N2/c1-2-11-23-12-14-24(15-13-23)20(16-3-7-18(21)8-4-16)17-5-9-19(22)10-6-17/h2-10,20H,1,11-15H2. The van der Waals surface area contributed by atoms with Gasteiger partial charge in [-0.15, -0.1) is 6.58 Å². The van der Waals surface area contributed by atoms with Crippen LogP contribution >= 0.6 is 0 Å². The number of hydrogen-bond acceptors (Lipinski definition) is 2. The van der Waals surface area contributed by atoms with E-state index in [2.05, 4.69) is 16.4 Å². The molecule has 0 N–H and O–H groups in total. The van der Waals surface area contributed by atoms with Crippen LogP contribution in [0.1, 0.15) is 17.2 Å². The van der Waals surface area contributed by atoms with E-state index in [0.717, 1.165) is 43.9 Å². The summed E-state index contributed by atoms with van der Waals surface area (Å²) in [5.41, 5.74) is 2.06. The lowest BCUT2D eigenvalue weighted by Crippen LogP contribution is -2.47. The topological polar surface area (TPSA) is 6.48 Å². The van der Waals surface area contributed by atoms with Crippen molar-refractivity contribution in [2.45, 2.75) is 6.04 Å². The van der Waals surface area contributed by atoms with E-state index in [0.29, 0.717) is 0 Å². The maximum Gasteiger partial charge on any atom is 0.123 e. The molecule has 0 unspecified atom stereocenters. The number of nitrogens with zero attached hydrogens (tertiary/aromatic N) is 2. The van der Waals surface area contributed by atoms with Crippen LogP contribution in [0.25, 0.3) is 0 Å². The highest BCUT2D eigenvalue weighted by atomic mass is 19.1. The molecule has 0 amide bonds. The number of rotatable bonds is 5. The van der Waals surface area contributed by atoms with Gasteiger partial charge in [0.05, 0.1) is 6.04 Å². The Morgan fingerprint density at radius 3 is 1.71 bits per heavy atom. The molecule has 0 radical (unpaired) electrons. The van der Waals surface area contributed by atoms with Crippen LogP contribution < -0.4 is 0 Å². The summed E-state index contributed by atoms with van der Waals surface area (Å²) in [6, 6.07) is 13.2. The van der Waals surface area contributed by atoms with Crippen LogP contribution in [0.5, 0.6) is 0 Å². The lowest BCUT2D eigenvalue weighted by atomic mass is 9.96. The number of halogens is 2. The normalized spacial score (nSPS) is 16.5.